The van der Waals surface area contributed by atoms with Gasteiger partial charge in [-0.1, -0.05) is 0 Å². The van der Waals surface area contributed by atoms with Crippen LogP contribution < -0.4 is 4.90 Å². The van der Waals surface area contributed by atoms with Gasteiger partial charge in [0.2, 0.25) is 0 Å². The Balaban J connectivity index is 2.61. The molecule has 0 aromatic carbocycles. The maximum absolute atomic E-state index is 12.5. The van der Waals surface area contributed by atoms with E-state index in [2.05, 4.69) is 20.9 Å². The molecule has 0 spiro atoms. The molecule has 0 fully saturated rings. The molecule has 9 heteroatoms. The second kappa shape index (κ2) is 5.57. The molecule has 2 heterocycles. The fourth-order valence-electron chi connectivity index (χ4n) is 1.62. The number of carbonyl (C=O) groups is 1. The average molecular weight is 446 g/mol. The zero-order valence-corrected chi connectivity index (χ0v) is 13.0. The zero-order valence-electron chi connectivity index (χ0n) is 9.23. The van der Waals surface area contributed by atoms with Crippen LogP contribution in [-0.4, -0.2) is 33.6 Å². The zero-order chi connectivity index (χ0) is 14.2. The van der Waals surface area contributed by atoms with Crippen LogP contribution in [0.15, 0.2) is 22.9 Å². The molecule has 0 aliphatic carbocycles. The number of halogens is 4. The number of amides is 1. The summed E-state index contributed by atoms with van der Waals surface area (Å²) in [6, 6.07) is 1.45. The molecule has 0 unspecified atom stereocenters. The Kier molecular flexibility index (Phi) is 4.23. The van der Waals surface area contributed by atoms with E-state index in [1.165, 1.54) is 12.3 Å². The first-order chi connectivity index (χ1) is 8.90. The van der Waals surface area contributed by atoms with Crippen molar-refractivity contribution < 1.29 is 18.7 Å². The van der Waals surface area contributed by atoms with Gasteiger partial charge in [-0.2, -0.15) is 0 Å². The molecule has 0 saturated heterocycles. The lowest BCUT2D eigenvalue weighted by molar-refractivity contribution is 0.148. The summed E-state index contributed by atoms with van der Waals surface area (Å²) in [7, 11) is 0. The highest BCUT2D eigenvalue weighted by Gasteiger charge is 2.23. The second-order valence-electron chi connectivity index (χ2n) is 3.60. The number of hydrogen-bond donors (Lipinski definition) is 1. The second-order valence-corrected chi connectivity index (χ2v) is 5.62. The lowest BCUT2D eigenvalue weighted by Gasteiger charge is -2.19. The first kappa shape index (κ1) is 14.4. The number of fused-ring (bicyclic) bond motifs is 1. The minimum Gasteiger partial charge on any atom is -0.465 e. The van der Waals surface area contributed by atoms with Crippen molar-refractivity contribution in [1.82, 2.24) is 9.38 Å². The Labute approximate surface area is 128 Å². The molecule has 0 radical (unpaired) electrons. The molecule has 1 N–H and O–H groups in total. The maximum Gasteiger partial charge on any atom is 0.412 e. The van der Waals surface area contributed by atoms with Crippen LogP contribution in [0.3, 0.4) is 0 Å². The Morgan fingerprint density at radius 3 is 2.89 bits per heavy atom. The number of carboxylic acid groups (broad SMARTS) is 1. The van der Waals surface area contributed by atoms with Crippen LogP contribution >= 0.6 is 38.5 Å². The van der Waals surface area contributed by atoms with Gasteiger partial charge in [-0.05, 0) is 44.6 Å². The molecule has 2 aromatic rings. The molecule has 1 amide bonds. The third kappa shape index (κ3) is 2.96. The quantitative estimate of drug-likeness (QED) is 0.736. The van der Waals surface area contributed by atoms with Crippen molar-refractivity contribution in [3.63, 3.8) is 0 Å². The van der Waals surface area contributed by atoms with Crippen molar-refractivity contribution in [1.29, 1.82) is 0 Å². The molecule has 5 nitrogen and oxygen atoms in total. The minimum atomic E-state index is -2.76. The number of nitrogens with zero attached hydrogens (tertiary/aromatic N) is 3. The Hall–Kier alpha value is -0.970. The Morgan fingerprint density at radius 2 is 2.32 bits per heavy atom. The van der Waals surface area contributed by atoms with E-state index in [9.17, 15) is 13.6 Å². The smallest absolute Gasteiger partial charge is 0.412 e. The first-order valence-corrected chi connectivity index (χ1v) is 6.88. The molecule has 0 bridgehead atoms. The molecule has 0 saturated carbocycles. The summed E-state index contributed by atoms with van der Waals surface area (Å²) in [5.41, 5.74) is 0.431. The predicted molar refractivity (Wildman–Crippen MR) is 77.0 cm³/mol. The SMILES string of the molecule is O=C(O)N(CC(F)F)c1cc(Br)cn2c(I)cnc12. The molecule has 0 aliphatic heterocycles. The van der Waals surface area contributed by atoms with Crippen LogP contribution in [0.1, 0.15) is 0 Å². The van der Waals surface area contributed by atoms with Gasteiger partial charge < -0.3 is 5.11 Å². The van der Waals surface area contributed by atoms with E-state index >= 15 is 0 Å². The topological polar surface area (TPSA) is 57.8 Å². The van der Waals surface area contributed by atoms with Crippen LogP contribution in [-0.2, 0) is 0 Å². The van der Waals surface area contributed by atoms with Gasteiger partial charge >= 0.3 is 6.09 Å². The van der Waals surface area contributed by atoms with E-state index < -0.39 is 19.1 Å². The molecular weight excluding hydrogens is 439 g/mol. The summed E-state index contributed by atoms with van der Waals surface area (Å²) in [6.07, 6.45) is -0.980. The predicted octanol–water partition coefficient (Wildman–Crippen LogP) is 3.45. The number of rotatable bonds is 3. The fourth-order valence-corrected chi connectivity index (χ4v) is 2.55. The highest BCUT2D eigenvalue weighted by Crippen LogP contribution is 2.27. The van der Waals surface area contributed by atoms with Crippen LogP contribution in [0.2, 0.25) is 0 Å². The molecule has 2 rings (SSSR count). The van der Waals surface area contributed by atoms with Gasteiger partial charge in [0.05, 0.1) is 18.4 Å². The molecule has 0 aliphatic rings. The first-order valence-electron chi connectivity index (χ1n) is 5.01. The van der Waals surface area contributed by atoms with Crippen LogP contribution in [0.5, 0.6) is 0 Å². The Bertz CT molecular complexity index is 635. The molecule has 2 aromatic heterocycles. The number of pyridine rings is 1. The summed E-state index contributed by atoms with van der Waals surface area (Å²) in [4.78, 5) is 15.8. The van der Waals surface area contributed by atoms with Gasteiger partial charge in [0, 0.05) is 10.7 Å². The maximum atomic E-state index is 12.5. The third-order valence-corrected chi connectivity index (χ3v) is 3.58. The summed E-state index contributed by atoms with van der Waals surface area (Å²) >= 11 is 5.25. The van der Waals surface area contributed by atoms with Crippen LogP contribution in [0.25, 0.3) is 5.65 Å². The number of aromatic nitrogens is 2. The van der Waals surface area contributed by atoms with Crippen molar-refractivity contribution in [3.05, 3.63) is 26.6 Å². The van der Waals surface area contributed by atoms with Crippen LogP contribution in [0.4, 0.5) is 19.3 Å². The highest BCUT2D eigenvalue weighted by atomic mass is 127. The van der Waals surface area contributed by atoms with Gasteiger partial charge in [0.25, 0.3) is 6.43 Å². The number of imidazole rings is 1. The summed E-state index contributed by atoms with van der Waals surface area (Å²) < 4.78 is 27.9. The fraction of sp³-hybridized carbons (Fsp3) is 0.200. The van der Waals surface area contributed by atoms with Crippen molar-refractivity contribution in [2.24, 2.45) is 0 Å². The largest absolute Gasteiger partial charge is 0.465 e. The van der Waals surface area contributed by atoms with E-state index in [1.807, 2.05) is 22.6 Å². The number of hydrogen-bond acceptors (Lipinski definition) is 2. The lowest BCUT2D eigenvalue weighted by atomic mass is 10.3. The molecule has 19 heavy (non-hydrogen) atoms. The number of alkyl halides is 2. The van der Waals surface area contributed by atoms with E-state index in [0.717, 1.165) is 3.70 Å². The highest BCUT2D eigenvalue weighted by molar-refractivity contribution is 14.1. The van der Waals surface area contributed by atoms with E-state index in [4.69, 9.17) is 5.11 Å². The average Bonchev–Trinajstić information content (AvgIpc) is 2.67. The van der Waals surface area contributed by atoms with Gasteiger partial charge in [0.15, 0.2) is 5.65 Å². The summed E-state index contributed by atoms with van der Waals surface area (Å²) in [6.45, 7) is -0.898. The van der Waals surface area contributed by atoms with E-state index in [1.54, 1.807) is 10.6 Å². The van der Waals surface area contributed by atoms with Gasteiger partial charge in [-0.15, -0.1) is 0 Å². The van der Waals surface area contributed by atoms with Crippen LogP contribution in [0, 0.1) is 3.70 Å². The van der Waals surface area contributed by atoms with Crippen molar-refractivity contribution in [3.8, 4) is 0 Å². The minimum absolute atomic E-state index is 0.116. The van der Waals surface area contributed by atoms with Crippen molar-refractivity contribution in [2.45, 2.75) is 6.43 Å². The standard InChI is InChI=1S/C10H7BrF2IN3O2/c11-5-1-6(16(10(18)19)4-7(12)13)9-15-2-8(14)17(9)3-5/h1-3,7H,4H2,(H,18,19). The van der Waals surface area contributed by atoms with E-state index in [-0.39, 0.29) is 5.69 Å². The van der Waals surface area contributed by atoms with E-state index in [0.29, 0.717) is 15.0 Å². The van der Waals surface area contributed by atoms with Crippen molar-refractivity contribution >= 4 is 55.9 Å². The van der Waals surface area contributed by atoms with Crippen molar-refractivity contribution in [2.75, 3.05) is 11.4 Å². The van der Waals surface area contributed by atoms with Gasteiger partial charge in [-0.3, -0.25) is 9.30 Å². The van der Waals surface area contributed by atoms with Gasteiger partial charge in [0.1, 0.15) is 3.70 Å². The summed E-state index contributed by atoms with van der Waals surface area (Å²) in [5.74, 6) is 0. The monoisotopic (exact) mass is 445 g/mol. The Morgan fingerprint density at radius 1 is 1.63 bits per heavy atom. The third-order valence-electron chi connectivity index (χ3n) is 2.35. The number of anilines is 1. The van der Waals surface area contributed by atoms with Gasteiger partial charge in [-0.25, -0.2) is 18.6 Å². The molecular formula is C10H7BrF2IN3O2. The molecule has 0 atom stereocenters. The summed E-state index contributed by atoms with van der Waals surface area (Å²) in [5, 5.41) is 9.07. The molecule has 102 valence electrons. The normalized spacial score (nSPS) is 11.2. The lowest BCUT2D eigenvalue weighted by Crippen LogP contribution is -2.34.